The first kappa shape index (κ1) is 17.4. The van der Waals surface area contributed by atoms with E-state index in [2.05, 4.69) is 0 Å². The van der Waals surface area contributed by atoms with Crippen LogP contribution in [0.1, 0.15) is 13.8 Å². The molecule has 0 aromatic heterocycles. The van der Waals surface area contributed by atoms with Crippen molar-refractivity contribution in [3.05, 3.63) is 0 Å². The van der Waals surface area contributed by atoms with Gasteiger partial charge < -0.3 is 28.1 Å². The molecule has 0 aromatic carbocycles. The van der Waals surface area contributed by atoms with E-state index in [1.807, 2.05) is 0 Å². The Morgan fingerprint density at radius 2 is 1.47 bits per heavy atom. The second-order valence-corrected chi connectivity index (χ2v) is 7.13. The fraction of sp³-hybridized carbons (Fsp3) is 1.00. The lowest BCUT2D eigenvalue weighted by Gasteiger charge is -2.41. The molecule has 17 heavy (non-hydrogen) atoms. The van der Waals surface area contributed by atoms with Gasteiger partial charge in [-0.25, -0.2) is 0 Å². The lowest BCUT2D eigenvalue weighted by molar-refractivity contribution is -0.307. The van der Waals surface area contributed by atoms with Crippen molar-refractivity contribution in [3.63, 3.8) is 0 Å². The summed E-state index contributed by atoms with van der Waals surface area (Å²) in [5.74, 6) is 0. The molecule has 0 aliphatic carbocycles. The maximum Gasteiger partial charge on any atom is 0.436 e. The molecule has 9 heteroatoms. The van der Waals surface area contributed by atoms with Crippen LogP contribution in [0.2, 0.25) is 6.55 Å². The molecule has 0 spiro atoms. The molecule has 0 saturated heterocycles. The lowest BCUT2D eigenvalue weighted by atomic mass is 10.8. The fourth-order valence-corrected chi connectivity index (χ4v) is 3.97. The van der Waals surface area contributed by atoms with Gasteiger partial charge in [0.25, 0.3) is 0 Å². The third-order valence-electron chi connectivity index (χ3n) is 2.21. The Morgan fingerprint density at radius 3 is 1.71 bits per heavy atom. The summed E-state index contributed by atoms with van der Waals surface area (Å²) in [6.45, 7) is 5.61. The number of hydrogen-bond donors (Lipinski definition) is 2. The minimum atomic E-state index is -3.05. The molecule has 0 bridgehead atoms. The van der Waals surface area contributed by atoms with Crippen LogP contribution in [0.15, 0.2) is 0 Å². The van der Waals surface area contributed by atoms with Gasteiger partial charge in [-0.1, -0.05) is 0 Å². The zero-order valence-corrected chi connectivity index (χ0v) is 12.7. The van der Waals surface area contributed by atoms with Gasteiger partial charge in [-0.3, -0.25) is 4.52 Å². The van der Waals surface area contributed by atoms with Crippen molar-refractivity contribution in [2.24, 2.45) is 0 Å². The summed E-state index contributed by atoms with van der Waals surface area (Å²) < 4.78 is 26.4. The first-order valence-electron chi connectivity index (χ1n) is 5.16. The molecule has 0 saturated carbocycles. The van der Waals surface area contributed by atoms with Crippen molar-refractivity contribution < 1.29 is 32.6 Å². The van der Waals surface area contributed by atoms with Crippen LogP contribution in [0.25, 0.3) is 0 Å². The molecule has 0 aliphatic heterocycles. The summed E-state index contributed by atoms with van der Waals surface area (Å²) in [5.41, 5.74) is -1.70. The summed E-state index contributed by atoms with van der Waals surface area (Å²) in [7, 11) is -2.85. The standard InChI is InChI=1S/C8H21O7PSi/c1-6-13-8(14-7-2,15-16(9)10)17(5,11-3)12-4/h9-10H,6-7H2,1-5H3. The van der Waals surface area contributed by atoms with E-state index in [1.54, 1.807) is 20.4 Å². The zero-order chi connectivity index (χ0) is 13.5. The molecule has 0 aliphatic rings. The maximum absolute atomic E-state index is 9.04. The average Bonchev–Trinajstić information content (AvgIpc) is 2.27. The molecular formula is C8H21O7PSi. The highest BCUT2D eigenvalue weighted by Crippen LogP contribution is 2.40. The Labute approximate surface area is 104 Å². The minimum Gasteiger partial charge on any atom is -0.393 e. The Bertz CT molecular complexity index is 206. The van der Waals surface area contributed by atoms with E-state index >= 15 is 0 Å². The average molecular weight is 288 g/mol. The van der Waals surface area contributed by atoms with Crippen molar-refractivity contribution in [2.45, 2.75) is 26.0 Å². The Kier molecular flexibility index (Phi) is 7.89. The van der Waals surface area contributed by atoms with E-state index in [4.69, 9.17) is 32.6 Å². The SMILES string of the molecule is CCOC(OCC)(OP(O)O)[Si](C)(OC)OC. The van der Waals surface area contributed by atoms with Crippen LogP contribution in [0, 0.1) is 0 Å². The third-order valence-corrected chi connectivity index (χ3v) is 5.84. The van der Waals surface area contributed by atoms with Gasteiger partial charge in [0.2, 0.25) is 0 Å². The minimum absolute atomic E-state index is 0.248. The van der Waals surface area contributed by atoms with Gasteiger partial charge in [0.1, 0.15) is 0 Å². The smallest absolute Gasteiger partial charge is 0.393 e. The molecule has 7 nitrogen and oxygen atoms in total. The molecule has 0 aromatic rings. The summed E-state index contributed by atoms with van der Waals surface area (Å²) in [4.78, 5) is 18.1. The molecular weight excluding hydrogens is 267 g/mol. The van der Waals surface area contributed by atoms with Crippen molar-refractivity contribution >= 4 is 17.2 Å². The van der Waals surface area contributed by atoms with Crippen molar-refractivity contribution in [1.29, 1.82) is 0 Å². The number of hydrogen-bond acceptors (Lipinski definition) is 7. The maximum atomic E-state index is 9.04. The third kappa shape index (κ3) is 4.20. The van der Waals surface area contributed by atoms with Crippen LogP contribution in [0.5, 0.6) is 0 Å². The van der Waals surface area contributed by atoms with Gasteiger partial charge in [-0.2, -0.15) is 0 Å². The second-order valence-electron chi connectivity index (χ2n) is 3.12. The Balaban J connectivity index is 5.25. The molecule has 0 fully saturated rings. The highest BCUT2D eigenvalue weighted by Gasteiger charge is 2.60. The van der Waals surface area contributed by atoms with Gasteiger partial charge in [-0.05, 0) is 20.4 Å². The van der Waals surface area contributed by atoms with Crippen LogP contribution in [0.4, 0.5) is 0 Å². The Hall–Kier alpha value is 0.367. The van der Waals surface area contributed by atoms with Gasteiger partial charge in [0.05, 0.1) is 0 Å². The first-order valence-corrected chi connectivity index (χ1v) is 8.64. The van der Waals surface area contributed by atoms with Crippen molar-refractivity contribution in [3.8, 4) is 0 Å². The molecule has 0 heterocycles. The summed E-state index contributed by atoms with van der Waals surface area (Å²) >= 11 is 0. The number of rotatable bonds is 9. The predicted octanol–water partition coefficient (Wildman–Crippen LogP) is 0.845. The zero-order valence-electron chi connectivity index (χ0n) is 10.8. The lowest BCUT2D eigenvalue weighted by Crippen LogP contribution is -2.64. The molecule has 0 atom stereocenters. The van der Waals surface area contributed by atoms with E-state index < -0.39 is 22.8 Å². The number of ether oxygens (including phenoxy) is 2. The van der Waals surface area contributed by atoms with E-state index in [-0.39, 0.29) is 13.2 Å². The van der Waals surface area contributed by atoms with Gasteiger partial charge in [-0.15, -0.1) is 0 Å². The topological polar surface area (TPSA) is 86.6 Å². The van der Waals surface area contributed by atoms with Crippen LogP contribution < -0.4 is 0 Å². The highest BCUT2D eigenvalue weighted by atomic mass is 31.2. The van der Waals surface area contributed by atoms with Gasteiger partial charge in [0.15, 0.2) is 0 Å². The summed E-state index contributed by atoms with van der Waals surface area (Å²) in [5, 5.41) is 0. The largest absolute Gasteiger partial charge is 0.436 e. The molecule has 0 rings (SSSR count). The Morgan fingerprint density at radius 1 is 1.06 bits per heavy atom. The molecule has 104 valence electrons. The van der Waals surface area contributed by atoms with Gasteiger partial charge in [0, 0.05) is 27.4 Å². The van der Waals surface area contributed by atoms with E-state index in [0.717, 1.165) is 0 Å². The van der Waals surface area contributed by atoms with Crippen molar-refractivity contribution in [1.82, 2.24) is 0 Å². The second kappa shape index (κ2) is 7.73. The highest BCUT2D eigenvalue weighted by molar-refractivity contribution is 7.39. The monoisotopic (exact) mass is 288 g/mol. The van der Waals surface area contributed by atoms with Crippen LogP contribution in [0.3, 0.4) is 0 Å². The molecule has 0 unspecified atom stereocenters. The fourth-order valence-electron chi connectivity index (χ4n) is 1.26. The summed E-state index contributed by atoms with van der Waals surface area (Å²) in [6, 6.07) is 0. The van der Waals surface area contributed by atoms with Gasteiger partial charge >= 0.3 is 22.8 Å². The van der Waals surface area contributed by atoms with E-state index in [0.29, 0.717) is 0 Å². The van der Waals surface area contributed by atoms with Crippen LogP contribution in [-0.2, 0) is 22.8 Å². The molecule has 0 amide bonds. The van der Waals surface area contributed by atoms with Crippen LogP contribution >= 0.6 is 8.60 Å². The normalized spacial score (nSPS) is 13.4. The predicted molar refractivity (Wildman–Crippen MR) is 64.1 cm³/mol. The van der Waals surface area contributed by atoms with Crippen LogP contribution in [-0.4, -0.2) is 51.4 Å². The van der Waals surface area contributed by atoms with E-state index in [9.17, 15) is 0 Å². The summed E-state index contributed by atoms with van der Waals surface area (Å²) in [6.07, 6.45) is 0. The first-order chi connectivity index (χ1) is 7.91. The molecule has 2 N–H and O–H groups in total. The van der Waals surface area contributed by atoms with E-state index in [1.165, 1.54) is 14.2 Å². The molecule has 0 radical (unpaired) electrons. The quantitative estimate of drug-likeness (QED) is 0.369. The van der Waals surface area contributed by atoms with Crippen molar-refractivity contribution in [2.75, 3.05) is 27.4 Å².